The van der Waals surface area contributed by atoms with Crippen LogP contribution in [0.3, 0.4) is 0 Å². The summed E-state index contributed by atoms with van der Waals surface area (Å²) in [6.45, 7) is 7.16. The molecule has 1 unspecified atom stereocenters. The van der Waals surface area contributed by atoms with E-state index in [1.807, 2.05) is 75.4 Å². The summed E-state index contributed by atoms with van der Waals surface area (Å²) in [5, 5.41) is 7.52. The number of benzene rings is 3. The highest BCUT2D eigenvalue weighted by molar-refractivity contribution is 6.11. The Morgan fingerprint density at radius 3 is 2.35 bits per heavy atom. The van der Waals surface area contributed by atoms with E-state index in [-0.39, 0.29) is 6.54 Å². The zero-order valence-electron chi connectivity index (χ0n) is 18.1. The van der Waals surface area contributed by atoms with Crippen molar-refractivity contribution in [2.45, 2.75) is 33.2 Å². The van der Waals surface area contributed by atoms with Gasteiger partial charge < -0.3 is 10.6 Å². The fraction of sp³-hybridized carbons (Fsp3) is 0.240. The van der Waals surface area contributed by atoms with Gasteiger partial charge in [0, 0.05) is 5.69 Å². The minimum absolute atomic E-state index is 0.349. The number of imide groups is 1. The highest BCUT2D eigenvalue weighted by atomic mass is 16.2. The van der Waals surface area contributed by atoms with E-state index in [9.17, 15) is 14.4 Å². The van der Waals surface area contributed by atoms with Gasteiger partial charge in [-0.25, -0.2) is 4.79 Å². The molecule has 1 saturated heterocycles. The minimum atomic E-state index is -1.24. The molecule has 0 aromatic heterocycles. The summed E-state index contributed by atoms with van der Waals surface area (Å²) < 4.78 is 0. The van der Waals surface area contributed by atoms with Gasteiger partial charge in [0.05, 0.1) is 0 Å². The molecule has 0 spiro atoms. The normalized spacial score (nSPS) is 18.4. The molecule has 158 valence electrons. The predicted octanol–water partition coefficient (Wildman–Crippen LogP) is 4.17. The van der Waals surface area contributed by atoms with Gasteiger partial charge in [0.15, 0.2) is 0 Å². The van der Waals surface area contributed by atoms with Crippen LogP contribution in [-0.4, -0.2) is 29.3 Å². The number of anilines is 1. The molecular formula is C25H25N3O3. The van der Waals surface area contributed by atoms with E-state index in [1.165, 1.54) is 0 Å². The Balaban J connectivity index is 1.59. The molecule has 1 aliphatic rings. The van der Waals surface area contributed by atoms with E-state index >= 15 is 0 Å². The summed E-state index contributed by atoms with van der Waals surface area (Å²) >= 11 is 0. The Bertz CT molecular complexity index is 1210. The minimum Gasteiger partial charge on any atom is -0.324 e. The molecule has 0 bridgehead atoms. The van der Waals surface area contributed by atoms with Crippen molar-refractivity contribution in [1.29, 1.82) is 0 Å². The number of fused-ring (bicyclic) bond motifs is 1. The van der Waals surface area contributed by atoms with Crippen LogP contribution in [0.4, 0.5) is 10.5 Å². The van der Waals surface area contributed by atoms with Crippen LogP contribution in [0.2, 0.25) is 0 Å². The zero-order chi connectivity index (χ0) is 22.3. The van der Waals surface area contributed by atoms with Crippen molar-refractivity contribution in [1.82, 2.24) is 10.2 Å². The Labute approximate surface area is 181 Å². The Kier molecular flexibility index (Phi) is 5.01. The molecule has 1 atom stereocenters. The lowest BCUT2D eigenvalue weighted by Crippen LogP contribution is -2.42. The zero-order valence-corrected chi connectivity index (χ0v) is 18.1. The lowest BCUT2D eigenvalue weighted by molar-refractivity contribution is -0.133. The average Bonchev–Trinajstić information content (AvgIpc) is 2.94. The molecule has 3 aromatic carbocycles. The van der Waals surface area contributed by atoms with Gasteiger partial charge in [0.1, 0.15) is 12.1 Å². The number of hydrogen-bond acceptors (Lipinski definition) is 3. The van der Waals surface area contributed by atoms with E-state index in [4.69, 9.17) is 0 Å². The van der Waals surface area contributed by atoms with E-state index in [2.05, 4.69) is 10.6 Å². The first kappa shape index (κ1) is 20.6. The highest BCUT2D eigenvalue weighted by Gasteiger charge is 2.50. The first-order chi connectivity index (χ1) is 14.7. The fourth-order valence-electron chi connectivity index (χ4n) is 4.38. The molecule has 31 heavy (non-hydrogen) atoms. The Morgan fingerprint density at radius 2 is 1.65 bits per heavy atom. The van der Waals surface area contributed by atoms with Crippen molar-refractivity contribution in [2.24, 2.45) is 0 Å². The summed E-state index contributed by atoms with van der Waals surface area (Å²) in [4.78, 5) is 39.7. The number of hydrogen-bond donors (Lipinski definition) is 2. The summed E-state index contributed by atoms with van der Waals surface area (Å²) in [5.41, 5.74) is 3.14. The topological polar surface area (TPSA) is 78.5 Å². The molecular weight excluding hydrogens is 390 g/mol. The number of carbonyl (C=O) groups excluding carboxylic acids is 3. The fourth-order valence-corrected chi connectivity index (χ4v) is 4.38. The van der Waals surface area contributed by atoms with Crippen molar-refractivity contribution < 1.29 is 14.4 Å². The smallest absolute Gasteiger partial charge is 0.324 e. The van der Waals surface area contributed by atoms with Gasteiger partial charge in [-0.3, -0.25) is 14.5 Å². The van der Waals surface area contributed by atoms with Gasteiger partial charge in [0.2, 0.25) is 5.91 Å². The van der Waals surface area contributed by atoms with Crippen molar-refractivity contribution in [2.75, 3.05) is 11.9 Å². The maximum atomic E-state index is 13.3. The molecule has 4 rings (SSSR count). The monoisotopic (exact) mass is 415 g/mol. The number of rotatable bonds is 4. The molecule has 2 N–H and O–H groups in total. The molecule has 1 aliphatic heterocycles. The molecule has 3 aromatic rings. The molecule has 1 heterocycles. The van der Waals surface area contributed by atoms with E-state index in [0.717, 1.165) is 32.4 Å². The molecule has 0 saturated carbocycles. The van der Waals surface area contributed by atoms with Gasteiger partial charge in [-0.1, -0.05) is 60.2 Å². The average molecular weight is 415 g/mol. The Morgan fingerprint density at radius 1 is 1.00 bits per heavy atom. The highest BCUT2D eigenvalue weighted by Crippen LogP contribution is 2.34. The van der Waals surface area contributed by atoms with Crippen molar-refractivity contribution in [3.05, 3.63) is 76.9 Å². The van der Waals surface area contributed by atoms with Crippen molar-refractivity contribution >= 4 is 34.3 Å². The van der Waals surface area contributed by atoms with Gasteiger partial charge in [0.25, 0.3) is 5.91 Å². The summed E-state index contributed by atoms with van der Waals surface area (Å²) in [7, 11) is 0. The lowest BCUT2D eigenvalue weighted by Gasteiger charge is -2.24. The van der Waals surface area contributed by atoms with Gasteiger partial charge >= 0.3 is 6.03 Å². The Hall–Kier alpha value is -3.67. The van der Waals surface area contributed by atoms with Crippen LogP contribution < -0.4 is 10.6 Å². The van der Waals surface area contributed by atoms with Gasteiger partial charge in [-0.15, -0.1) is 0 Å². The summed E-state index contributed by atoms with van der Waals surface area (Å²) in [6.07, 6.45) is 0. The molecule has 1 fully saturated rings. The second kappa shape index (κ2) is 7.54. The number of amides is 4. The van der Waals surface area contributed by atoms with E-state index in [1.54, 1.807) is 6.92 Å². The molecule has 6 nitrogen and oxygen atoms in total. The van der Waals surface area contributed by atoms with Crippen LogP contribution in [0, 0.1) is 20.8 Å². The molecule has 6 heteroatoms. The number of nitrogens with zero attached hydrogens (tertiary/aromatic N) is 1. The number of nitrogens with one attached hydrogen (secondary N) is 2. The molecule has 0 radical (unpaired) electrons. The van der Waals surface area contributed by atoms with Crippen LogP contribution in [0.5, 0.6) is 0 Å². The van der Waals surface area contributed by atoms with Crippen LogP contribution in [0.1, 0.15) is 29.2 Å². The molecule has 0 aliphatic carbocycles. The standard InChI is InChI=1S/C25H25N3O3/c1-15-12-16(2)22(17(3)13-15)26-21(29)14-28-23(30)25(4,27-24(28)31)20-11-7-9-18-8-5-6-10-19(18)20/h5-13H,14H2,1-4H3,(H,26,29)(H,27,31). The van der Waals surface area contributed by atoms with Crippen molar-refractivity contribution in [3.8, 4) is 0 Å². The first-order valence-corrected chi connectivity index (χ1v) is 10.2. The summed E-state index contributed by atoms with van der Waals surface area (Å²) in [6, 6.07) is 16.7. The maximum Gasteiger partial charge on any atom is 0.325 e. The van der Waals surface area contributed by atoms with Gasteiger partial charge in [-0.2, -0.15) is 0 Å². The first-order valence-electron chi connectivity index (χ1n) is 10.2. The number of aryl methyl sites for hydroxylation is 3. The second-order valence-electron chi connectivity index (χ2n) is 8.30. The predicted molar refractivity (Wildman–Crippen MR) is 121 cm³/mol. The maximum absolute atomic E-state index is 13.3. The van der Waals surface area contributed by atoms with Gasteiger partial charge in [-0.05, 0) is 55.2 Å². The van der Waals surface area contributed by atoms with Crippen molar-refractivity contribution in [3.63, 3.8) is 0 Å². The van der Waals surface area contributed by atoms with E-state index < -0.39 is 23.4 Å². The van der Waals surface area contributed by atoms with E-state index in [0.29, 0.717) is 11.3 Å². The lowest BCUT2D eigenvalue weighted by atomic mass is 9.88. The summed E-state index contributed by atoms with van der Waals surface area (Å²) in [5.74, 6) is -0.859. The van der Waals surface area contributed by atoms with Crippen LogP contribution in [-0.2, 0) is 15.1 Å². The third-order valence-corrected chi connectivity index (χ3v) is 5.85. The van der Waals surface area contributed by atoms with Crippen LogP contribution in [0.25, 0.3) is 10.8 Å². The number of carbonyl (C=O) groups is 3. The third-order valence-electron chi connectivity index (χ3n) is 5.85. The SMILES string of the molecule is Cc1cc(C)c(NC(=O)CN2C(=O)NC(C)(c3cccc4ccccc34)C2=O)c(C)c1. The number of urea groups is 1. The quantitative estimate of drug-likeness (QED) is 0.628. The van der Waals surface area contributed by atoms with Crippen LogP contribution in [0.15, 0.2) is 54.6 Å². The van der Waals surface area contributed by atoms with Crippen LogP contribution >= 0.6 is 0 Å². The largest absolute Gasteiger partial charge is 0.325 e. The molecule has 4 amide bonds. The third kappa shape index (κ3) is 3.54. The second-order valence-corrected chi connectivity index (χ2v) is 8.30.